The molecule has 1 heterocycles. The minimum Gasteiger partial charge on any atom is -0.383 e. The van der Waals surface area contributed by atoms with E-state index >= 15 is 0 Å². The van der Waals surface area contributed by atoms with Crippen molar-refractivity contribution in [3.8, 4) is 0 Å². The van der Waals surface area contributed by atoms with Gasteiger partial charge in [0.15, 0.2) is 0 Å². The molecule has 2 N–H and O–H groups in total. The van der Waals surface area contributed by atoms with E-state index < -0.39 is 0 Å². The molecule has 0 bridgehead atoms. The van der Waals surface area contributed by atoms with Gasteiger partial charge < -0.3 is 10.6 Å². The molecule has 1 fully saturated rings. The monoisotopic (exact) mass is 286 g/mol. The van der Waals surface area contributed by atoms with Crippen LogP contribution in [0.5, 0.6) is 0 Å². The smallest absolute Gasteiger partial charge is 0.220 e. The van der Waals surface area contributed by atoms with Gasteiger partial charge in [-0.1, -0.05) is 0 Å². The van der Waals surface area contributed by atoms with Gasteiger partial charge in [0, 0.05) is 24.7 Å². The highest BCUT2D eigenvalue weighted by Crippen LogP contribution is 2.19. The summed E-state index contributed by atoms with van der Waals surface area (Å²) in [4.78, 5) is 11.0. The zero-order valence-corrected chi connectivity index (χ0v) is 10.2. The lowest BCUT2D eigenvalue weighted by atomic mass is 10.2. The molecule has 16 heavy (non-hydrogen) atoms. The first kappa shape index (κ1) is 11.4. The number of benzene rings is 1. The summed E-state index contributed by atoms with van der Waals surface area (Å²) in [7, 11) is 0. The first-order valence-corrected chi connectivity index (χ1v) is 5.93. The largest absolute Gasteiger partial charge is 0.383 e. The number of anilines is 1. The average Bonchev–Trinajstić information content (AvgIpc) is 2.66. The van der Waals surface area contributed by atoms with Crippen LogP contribution in [0.3, 0.4) is 0 Å². The number of hydrogen-bond acceptors (Lipinski definition) is 2. The van der Waals surface area contributed by atoms with E-state index in [1.807, 2.05) is 0 Å². The molecule has 1 aliphatic rings. The van der Waals surface area contributed by atoms with E-state index in [9.17, 15) is 9.18 Å². The fourth-order valence-corrected chi connectivity index (χ4v) is 1.92. The number of amides is 1. The fourth-order valence-electron chi connectivity index (χ4n) is 1.68. The maximum Gasteiger partial charge on any atom is 0.220 e. The molecule has 1 unspecified atom stereocenters. The summed E-state index contributed by atoms with van der Waals surface area (Å²) in [5.41, 5.74) is 0.724. The van der Waals surface area contributed by atoms with Crippen molar-refractivity contribution in [2.75, 3.05) is 11.9 Å². The highest BCUT2D eigenvalue weighted by atomic mass is 79.9. The van der Waals surface area contributed by atoms with E-state index in [0.29, 0.717) is 17.4 Å². The van der Waals surface area contributed by atoms with Crippen LogP contribution in [0.2, 0.25) is 0 Å². The highest BCUT2D eigenvalue weighted by Gasteiger charge is 2.19. The molecule has 1 aliphatic heterocycles. The Hall–Kier alpha value is -1.10. The lowest BCUT2D eigenvalue weighted by Gasteiger charge is -2.12. The molecular formula is C11H12BrFN2O. The lowest BCUT2D eigenvalue weighted by Crippen LogP contribution is -2.31. The topological polar surface area (TPSA) is 41.1 Å². The predicted molar refractivity (Wildman–Crippen MR) is 63.8 cm³/mol. The quantitative estimate of drug-likeness (QED) is 0.895. The third-order valence-electron chi connectivity index (χ3n) is 2.56. The Bertz CT molecular complexity index is 411. The molecule has 1 aromatic carbocycles. The van der Waals surface area contributed by atoms with Gasteiger partial charge in [0.1, 0.15) is 5.82 Å². The van der Waals surface area contributed by atoms with Gasteiger partial charge in [-0.15, -0.1) is 0 Å². The minimum atomic E-state index is -0.291. The van der Waals surface area contributed by atoms with E-state index in [2.05, 4.69) is 26.6 Å². The van der Waals surface area contributed by atoms with Crippen LogP contribution in [0.25, 0.3) is 0 Å². The summed E-state index contributed by atoms with van der Waals surface area (Å²) in [6.45, 7) is 0.632. The average molecular weight is 287 g/mol. The van der Waals surface area contributed by atoms with Gasteiger partial charge in [-0.2, -0.15) is 0 Å². The second kappa shape index (κ2) is 4.82. The zero-order valence-electron chi connectivity index (χ0n) is 8.59. The molecule has 0 aromatic heterocycles. The second-order valence-corrected chi connectivity index (χ2v) is 4.67. The van der Waals surface area contributed by atoms with Crippen LogP contribution in [0.4, 0.5) is 10.1 Å². The highest BCUT2D eigenvalue weighted by molar-refractivity contribution is 9.10. The van der Waals surface area contributed by atoms with Crippen molar-refractivity contribution in [2.45, 2.75) is 18.9 Å². The molecule has 1 aromatic rings. The molecule has 0 aliphatic carbocycles. The van der Waals surface area contributed by atoms with Gasteiger partial charge in [0.05, 0.1) is 4.47 Å². The van der Waals surface area contributed by atoms with Crippen LogP contribution in [-0.4, -0.2) is 18.5 Å². The molecule has 2 rings (SSSR count). The molecule has 1 amide bonds. The van der Waals surface area contributed by atoms with Crippen molar-refractivity contribution >= 4 is 27.5 Å². The number of rotatable bonds is 3. The minimum absolute atomic E-state index is 0.0915. The summed E-state index contributed by atoms with van der Waals surface area (Å²) in [6, 6.07) is 5.04. The Labute approximate surface area is 102 Å². The van der Waals surface area contributed by atoms with Crippen LogP contribution >= 0.6 is 15.9 Å². The van der Waals surface area contributed by atoms with Gasteiger partial charge in [-0.25, -0.2) is 4.39 Å². The summed E-state index contributed by atoms with van der Waals surface area (Å²) in [6.07, 6.45) is 1.42. The fraction of sp³-hybridized carbons (Fsp3) is 0.364. The molecule has 0 saturated carbocycles. The Morgan fingerprint density at radius 1 is 1.56 bits per heavy atom. The Balaban J connectivity index is 1.89. The van der Waals surface area contributed by atoms with E-state index in [-0.39, 0.29) is 17.8 Å². The third-order valence-corrected chi connectivity index (χ3v) is 3.20. The van der Waals surface area contributed by atoms with Crippen molar-refractivity contribution in [1.82, 2.24) is 5.32 Å². The summed E-state index contributed by atoms with van der Waals surface area (Å²) in [5.74, 6) is -0.200. The molecule has 1 atom stereocenters. The van der Waals surface area contributed by atoms with Crippen LogP contribution in [0.15, 0.2) is 22.7 Å². The van der Waals surface area contributed by atoms with Gasteiger partial charge in [0.25, 0.3) is 0 Å². The number of carbonyl (C=O) groups excluding carboxylic acids is 1. The van der Waals surface area contributed by atoms with Crippen molar-refractivity contribution in [3.63, 3.8) is 0 Å². The summed E-state index contributed by atoms with van der Waals surface area (Å²) >= 11 is 3.09. The molecule has 1 saturated heterocycles. The maximum absolute atomic E-state index is 13.2. The summed E-state index contributed by atoms with van der Waals surface area (Å²) in [5, 5.41) is 5.95. The number of carbonyl (C=O) groups is 1. The first-order chi connectivity index (χ1) is 7.65. The van der Waals surface area contributed by atoms with E-state index in [1.165, 1.54) is 6.07 Å². The van der Waals surface area contributed by atoms with E-state index in [4.69, 9.17) is 0 Å². The lowest BCUT2D eigenvalue weighted by molar-refractivity contribution is -0.119. The van der Waals surface area contributed by atoms with Gasteiger partial charge in [0.2, 0.25) is 5.91 Å². The summed E-state index contributed by atoms with van der Waals surface area (Å²) < 4.78 is 13.6. The molecule has 5 heteroatoms. The normalized spacial score (nSPS) is 19.6. The predicted octanol–water partition coefficient (Wildman–Crippen LogP) is 2.28. The van der Waals surface area contributed by atoms with Crippen LogP contribution < -0.4 is 10.6 Å². The SMILES string of the molecule is O=C1CCC(CNc2ccc(Br)c(F)c2)N1. The maximum atomic E-state index is 13.2. The molecule has 0 radical (unpaired) electrons. The third kappa shape index (κ3) is 2.72. The number of halogens is 2. The zero-order chi connectivity index (χ0) is 11.5. The standard InChI is InChI=1S/C11H12BrFN2O/c12-9-3-1-7(5-10(9)13)14-6-8-2-4-11(16)15-8/h1,3,5,8,14H,2,4,6H2,(H,15,16). The van der Waals surface area contributed by atoms with Crippen LogP contribution in [0, 0.1) is 5.82 Å². The molecular weight excluding hydrogens is 275 g/mol. The second-order valence-electron chi connectivity index (χ2n) is 3.81. The van der Waals surface area contributed by atoms with Crippen molar-refractivity contribution in [3.05, 3.63) is 28.5 Å². The van der Waals surface area contributed by atoms with Crippen LogP contribution in [0.1, 0.15) is 12.8 Å². The molecule has 0 spiro atoms. The Morgan fingerprint density at radius 3 is 3.00 bits per heavy atom. The van der Waals surface area contributed by atoms with E-state index in [0.717, 1.165) is 12.1 Å². The Morgan fingerprint density at radius 2 is 2.38 bits per heavy atom. The van der Waals surface area contributed by atoms with Gasteiger partial charge in [-0.3, -0.25) is 4.79 Å². The van der Waals surface area contributed by atoms with Crippen LogP contribution in [-0.2, 0) is 4.79 Å². The van der Waals surface area contributed by atoms with E-state index in [1.54, 1.807) is 12.1 Å². The van der Waals surface area contributed by atoms with Crippen molar-refractivity contribution < 1.29 is 9.18 Å². The van der Waals surface area contributed by atoms with Crippen molar-refractivity contribution in [2.24, 2.45) is 0 Å². The molecule has 3 nitrogen and oxygen atoms in total. The first-order valence-electron chi connectivity index (χ1n) is 5.13. The van der Waals surface area contributed by atoms with Crippen molar-refractivity contribution in [1.29, 1.82) is 0 Å². The Kier molecular flexibility index (Phi) is 3.43. The van der Waals surface area contributed by atoms with Gasteiger partial charge >= 0.3 is 0 Å². The number of hydrogen-bond donors (Lipinski definition) is 2. The molecule has 86 valence electrons. The van der Waals surface area contributed by atoms with Gasteiger partial charge in [-0.05, 0) is 40.5 Å². The number of nitrogens with one attached hydrogen (secondary N) is 2.